The smallest absolute Gasteiger partial charge is 0.268 e. The van der Waals surface area contributed by atoms with Gasteiger partial charge in [-0.15, -0.1) is 11.3 Å². The molecule has 0 aliphatic carbocycles. The first-order chi connectivity index (χ1) is 18.5. The van der Waals surface area contributed by atoms with Crippen LogP contribution < -0.4 is 21.6 Å². The summed E-state index contributed by atoms with van der Waals surface area (Å²) in [4.78, 5) is 33.3. The van der Waals surface area contributed by atoms with Gasteiger partial charge in [-0.2, -0.15) is 0 Å². The number of hydrogen-bond acceptors (Lipinski definition) is 8. The third-order valence-electron chi connectivity index (χ3n) is 6.08. The predicted molar refractivity (Wildman–Crippen MR) is 152 cm³/mol. The Morgan fingerprint density at radius 3 is 2.71 bits per heavy atom. The van der Waals surface area contributed by atoms with Crippen molar-refractivity contribution in [2.75, 3.05) is 32.0 Å². The number of halogens is 1. The fourth-order valence-electron chi connectivity index (χ4n) is 4.11. The molecular formula is C27H30FN5O3S2. The van der Waals surface area contributed by atoms with E-state index in [2.05, 4.69) is 24.2 Å². The molecule has 0 saturated heterocycles. The maximum Gasteiger partial charge on any atom is 0.268 e. The highest BCUT2D eigenvalue weighted by Crippen LogP contribution is 2.37. The van der Waals surface area contributed by atoms with E-state index in [1.165, 1.54) is 34.1 Å². The molecule has 0 atom stereocenters. The molecule has 0 aliphatic rings. The van der Waals surface area contributed by atoms with Crippen molar-refractivity contribution < 1.29 is 13.9 Å². The molecule has 2 aromatic heterocycles. The summed E-state index contributed by atoms with van der Waals surface area (Å²) < 4.78 is 21.6. The number of ether oxygens (including phenoxy) is 1. The largest absolute Gasteiger partial charge is 0.493 e. The SMILES string of the molecule is CCN(CC)CCCOc1ccccc1-c1csc2nc(SCC(=O)NN)n(-c3cccc(F)c3)c(=O)c12. The number of amides is 1. The summed E-state index contributed by atoms with van der Waals surface area (Å²) in [5.41, 5.74) is 3.52. The molecule has 4 rings (SSSR count). The zero-order valence-electron chi connectivity index (χ0n) is 21.3. The van der Waals surface area contributed by atoms with Crippen molar-refractivity contribution in [1.82, 2.24) is 19.9 Å². The molecule has 3 N–H and O–H groups in total. The van der Waals surface area contributed by atoms with Gasteiger partial charge >= 0.3 is 0 Å². The number of benzene rings is 2. The second-order valence-electron chi connectivity index (χ2n) is 8.43. The molecule has 1 amide bonds. The molecule has 4 aromatic rings. The van der Waals surface area contributed by atoms with Crippen LogP contribution in [0.3, 0.4) is 0 Å². The summed E-state index contributed by atoms with van der Waals surface area (Å²) >= 11 is 2.38. The molecule has 0 radical (unpaired) electrons. The van der Waals surface area contributed by atoms with Crippen molar-refractivity contribution in [3.05, 3.63) is 70.1 Å². The van der Waals surface area contributed by atoms with Gasteiger partial charge in [-0.1, -0.05) is 49.9 Å². The van der Waals surface area contributed by atoms with Crippen LogP contribution in [0.4, 0.5) is 4.39 Å². The molecule has 2 aromatic carbocycles. The van der Waals surface area contributed by atoms with E-state index >= 15 is 0 Å². The van der Waals surface area contributed by atoms with Gasteiger partial charge in [0, 0.05) is 23.1 Å². The van der Waals surface area contributed by atoms with E-state index in [9.17, 15) is 14.0 Å². The number of hydrazine groups is 1. The number of thioether (sulfide) groups is 1. The number of rotatable bonds is 12. The highest BCUT2D eigenvalue weighted by Gasteiger charge is 2.21. The van der Waals surface area contributed by atoms with Crippen molar-refractivity contribution in [3.63, 3.8) is 0 Å². The van der Waals surface area contributed by atoms with Gasteiger partial charge in [0.1, 0.15) is 16.4 Å². The number of para-hydroxylation sites is 1. The van der Waals surface area contributed by atoms with E-state index in [0.717, 1.165) is 43.4 Å². The van der Waals surface area contributed by atoms with E-state index in [0.29, 0.717) is 33.8 Å². The van der Waals surface area contributed by atoms with Gasteiger partial charge in [-0.25, -0.2) is 15.2 Å². The quantitative estimate of drug-likeness (QED) is 0.0665. The first kappa shape index (κ1) is 27.8. The van der Waals surface area contributed by atoms with E-state index in [-0.39, 0.29) is 16.5 Å². The molecule has 8 nitrogen and oxygen atoms in total. The molecule has 11 heteroatoms. The van der Waals surface area contributed by atoms with Gasteiger partial charge < -0.3 is 9.64 Å². The maximum atomic E-state index is 14.1. The van der Waals surface area contributed by atoms with Crippen LogP contribution in [0.2, 0.25) is 0 Å². The Hall–Kier alpha value is -3.25. The topological polar surface area (TPSA) is 102 Å². The number of nitrogens with two attached hydrogens (primary N) is 1. The number of aromatic nitrogens is 2. The number of carbonyl (C=O) groups is 1. The van der Waals surface area contributed by atoms with Crippen LogP contribution in [0.5, 0.6) is 5.75 Å². The molecule has 0 aliphatic heterocycles. The average Bonchev–Trinajstić information content (AvgIpc) is 3.36. The summed E-state index contributed by atoms with van der Waals surface area (Å²) in [5, 5.41) is 2.56. The normalized spacial score (nSPS) is 11.3. The highest BCUT2D eigenvalue weighted by molar-refractivity contribution is 7.99. The molecule has 0 spiro atoms. The minimum Gasteiger partial charge on any atom is -0.493 e. The molecule has 0 bridgehead atoms. The summed E-state index contributed by atoms with van der Waals surface area (Å²) in [6, 6.07) is 13.3. The molecular weight excluding hydrogens is 525 g/mol. The Labute approximate surface area is 228 Å². The van der Waals surface area contributed by atoms with Crippen LogP contribution in [0, 0.1) is 5.82 Å². The van der Waals surface area contributed by atoms with E-state index in [1.54, 1.807) is 6.07 Å². The standard InChI is InChI=1S/C27H30FN5O3S2/c1-3-32(4-2)13-8-14-36-22-12-6-5-11-20(22)21-16-37-25-24(21)26(35)33(19-10-7-9-18(28)15-19)27(30-25)38-17-23(34)31-29/h5-7,9-12,15-16H,3-4,8,13-14,17,29H2,1-2H3,(H,31,34). The van der Waals surface area contributed by atoms with E-state index in [1.807, 2.05) is 29.6 Å². The Bertz CT molecular complexity index is 1470. The highest BCUT2D eigenvalue weighted by atomic mass is 32.2. The zero-order valence-corrected chi connectivity index (χ0v) is 22.9. The lowest BCUT2D eigenvalue weighted by Crippen LogP contribution is -2.32. The van der Waals surface area contributed by atoms with Gasteiger partial charge in [0.2, 0.25) is 5.91 Å². The number of thiophene rings is 1. The minimum atomic E-state index is -0.487. The number of nitrogens with zero attached hydrogens (tertiary/aromatic N) is 3. The van der Waals surface area contributed by atoms with Gasteiger partial charge in [0.05, 0.1) is 23.4 Å². The summed E-state index contributed by atoms with van der Waals surface area (Å²) in [6.07, 6.45) is 0.880. The first-order valence-corrected chi connectivity index (χ1v) is 14.2. The number of carbonyl (C=O) groups excluding carboxylic acids is 1. The Morgan fingerprint density at radius 1 is 1.18 bits per heavy atom. The number of hydrogen-bond donors (Lipinski definition) is 2. The monoisotopic (exact) mass is 555 g/mol. The summed E-state index contributed by atoms with van der Waals surface area (Å²) in [6.45, 7) is 7.77. The van der Waals surface area contributed by atoms with E-state index in [4.69, 9.17) is 15.6 Å². The average molecular weight is 556 g/mol. The molecule has 38 heavy (non-hydrogen) atoms. The number of fused-ring (bicyclic) bond motifs is 1. The van der Waals surface area contributed by atoms with Crippen LogP contribution in [-0.4, -0.2) is 52.4 Å². The van der Waals surface area contributed by atoms with Crippen molar-refractivity contribution in [3.8, 4) is 22.6 Å². The Morgan fingerprint density at radius 2 is 1.97 bits per heavy atom. The van der Waals surface area contributed by atoms with Crippen molar-refractivity contribution >= 4 is 39.2 Å². The van der Waals surface area contributed by atoms with Crippen LogP contribution in [0.15, 0.2) is 63.9 Å². The summed E-state index contributed by atoms with van der Waals surface area (Å²) in [7, 11) is 0. The lowest BCUT2D eigenvalue weighted by Gasteiger charge is -2.18. The fraction of sp³-hybridized carbons (Fsp3) is 0.296. The van der Waals surface area contributed by atoms with Crippen LogP contribution in [0.1, 0.15) is 20.3 Å². The van der Waals surface area contributed by atoms with Crippen LogP contribution in [0.25, 0.3) is 27.0 Å². The predicted octanol–water partition coefficient (Wildman–Crippen LogP) is 4.45. The first-order valence-electron chi connectivity index (χ1n) is 12.3. The van der Waals surface area contributed by atoms with Crippen molar-refractivity contribution in [1.29, 1.82) is 0 Å². The Balaban J connectivity index is 1.76. The molecule has 0 unspecified atom stereocenters. The molecule has 0 saturated carbocycles. The van der Waals surface area contributed by atoms with Crippen LogP contribution in [-0.2, 0) is 4.79 Å². The maximum absolute atomic E-state index is 14.1. The lowest BCUT2D eigenvalue weighted by atomic mass is 10.1. The third-order valence-corrected chi connectivity index (χ3v) is 7.90. The van der Waals surface area contributed by atoms with E-state index < -0.39 is 11.7 Å². The van der Waals surface area contributed by atoms with Crippen molar-refractivity contribution in [2.45, 2.75) is 25.4 Å². The minimum absolute atomic E-state index is 0.0494. The second kappa shape index (κ2) is 13.0. The van der Waals surface area contributed by atoms with Gasteiger partial charge in [0.25, 0.3) is 5.56 Å². The van der Waals surface area contributed by atoms with Gasteiger partial charge in [-0.05, 0) is 43.8 Å². The van der Waals surface area contributed by atoms with Gasteiger partial charge in [-0.3, -0.25) is 19.6 Å². The zero-order chi connectivity index (χ0) is 27.1. The Kier molecular flexibility index (Phi) is 9.51. The van der Waals surface area contributed by atoms with Crippen molar-refractivity contribution in [2.24, 2.45) is 5.84 Å². The fourth-order valence-corrected chi connectivity index (χ4v) is 5.91. The summed E-state index contributed by atoms with van der Waals surface area (Å²) in [5.74, 6) is 4.94. The molecule has 2 heterocycles. The second-order valence-corrected chi connectivity index (χ2v) is 10.2. The molecule has 0 fully saturated rings. The third kappa shape index (κ3) is 6.24. The van der Waals surface area contributed by atoms with Gasteiger partial charge in [0.15, 0.2) is 5.16 Å². The number of nitrogens with one attached hydrogen (secondary N) is 1. The van der Waals surface area contributed by atoms with Crippen LogP contribution >= 0.6 is 23.1 Å². The molecule has 200 valence electrons. The lowest BCUT2D eigenvalue weighted by molar-refractivity contribution is -0.118.